The number of ether oxygens (including phenoxy) is 3. The summed E-state index contributed by atoms with van der Waals surface area (Å²) < 4.78 is 16.5. The molecule has 0 aliphatic heterocycles. The summed E-state index contributed by atoms with van der Waals surface area (Å²) in [6.07, 6.45) is 1.47. The Morgan fingerprint density at radius 2 is 1.41 bits per heavy atom. The number of hydrogen-bond donors (Lipinski definition) is 0. The third kappa shape index (κ3) is 3.44. The summed E-state index contributed by atoms with van der Waals surface area (Å²) in [7, 11) is 1.50. The predicted molar refractivity (Wildman–Crippen MR) is 81.5 cm³/mol. The third-order valence-electron chi connectivity index (χ3n) is 2.95. The molecule has 0 aliphatic carbocycles. The van der Waals surface area contributed by atoms with Crippen LogP contribution in [0.4, 0.5) is 0 Å². The lowest BCUT2D eigenvalue weighted by molar-refractivity contribution is 0.111. The van der Waals surface area contributed by atoms with Crippen molar-refractivity contribution >= 4 is 12.6 Å². The summed E-state index contributed by atoms with van der Waals surface area (Å²) in [5.41, 5.74) is 0.990. The molecule has 0 saturated carbocycles. The second-order valence-corrected chi connectivity index (χ2v) is 4.39. The number of carbonyl (C=O) groups excluding carboxylic acids is 2. The Balaban J connectivity index is 2.37. The van der Waals surface area contributed by atoms with Gasteiger partial charge < -0.3 is 14.2 Å². The first kappa shape index (κ1) is 15.6. The summed E-state index contributed by atoms with van der Waals surface area (Å²) in [5.74, 6) is 1.82. The first-order chi connectivity index (χ1) is 10.7. The highest BCUT2D eigenvalue weighted by molar-refractivity contribution is 5.77. The summed E-state index contributed by atoms with van der Waals surface area (Å²) >= 11 is 0. The van der Waals surface area contributed by atoms with Crippen LogP contribution < -0.4 is 14.2 Å². The lowest BCUT2D eigenvalue weighted by atomic mass is 10.2. The van der Waals surface area contributed by atoms with Crippen molar-refractivity contribution in [2.45, 2.75) is 6.92 Å². The molecule has 0 unspecified atom stereocenters. The van der Waals surface area contributed by atoms with Crippen molar-refractivity contribution in [3.63, 3.8) is 0 Å². The Bertz CT molecular complexity index is 679. The zero-order valence-corrected chi connectivity index (χ0v) is 12.4. The molecule has 0 aliphatic rings. The van der Waals surface area contributed by atoms with Crippen LogP contribution in [0, 0.1) is 0 Å². The lowest BCUT2D eigenvalue weighted by Crippen LogP contribution is -1.97. The number of aldehydes is 2. The lowest BCUT2D eigenvalue weighted by Gasteiger charge is -2.14. The summed E-state index contributed by atoms with van der Waals surface area (Å²) in [5, 5.41) is 0. The molecule has 0 bridgehead atoms. The molecule has 114 valence electrons. The van der Waals surface area contributed by atoms with E-state index in [2.05, 4.69) is 0 Å². The van der Waals surface area contributed by atoms with Crippen LogP contribution in [0.3, 0.4) is 0 Å². The van der Waals surface area contributed by atoms with Crippen LogP contribution in [0.2, 0.25) is 0 Å². The molecule has 0 N–H and O–H groups in total. The highest BCUT2D eigenvalue weighted by Gasteiger charge is 2.11. The average Bonchev–Trinajstić information content (AvgIpc) is 2.56. The SMILES string of the molecule is CCOc1cc(C=O)ccc1Oc1ccc(C=O)cc1OC. The molecule has 2 aromatic carbocycles. The van der Waals surface area contributed by atoms with E-state index in [0.29, 0.717) is 40.7 Å². The second kappa shape index (κ2) is 7.26. The van der Waals surface area contributed by atoms with Crippen molar-refractivity contribution in [2.75, 3.05) is 13.7 Å². The van der Waals surface area contributed by atoms with Crippen LogP contribution in [0.5, 0.6) is 23.0 Å². The average molecular weight is 300 g/mol. The van der Waals surface area contributed by atoms with Crippen LogP contribution in [0.15, 0.2) is 36.4 Å². The van der Waals surface area contributed by atoms with Crippen molar-refractivity contribution in [3.05, 3.63) is 47.5 Å². The maximum Gasteiger partial charge on any atom is 0.169 e. The summed E-state index contributed by atoms with van der Waals surface area (Å²) in [4.78, 5) is 21.7. The minimum Gasteiger partial charge on any atom is -0.493 e. The number of rotatable bonds is 7. The molecule has 0 heterocycles. The molecule has 0 aromatic heterocycles. The summed E-state index contributed by atoms with van der Waals surface area (Å²) in [6, 6.07) is 9.76. The molecule has 5 heteroatoms. The van der Waals surface area contributed by atoms with Gasteiger partial charge in [-0.25, -0.2) is 0 Å². The molecule has 0 saturated heterocycles. The molecule has 2 rings (SSSR count). The van der Waals surface area contributed by atoms with Crippen LogP contribution in [-0.4, -0.2) is 26.3 Å². The number of methoxy groups -OCH3 is 1. The van der Waals surface area contributed by atoms with Gasteiger partial charge in [0.05, 0.1) is 13.7 Å². The highest BCUT2D eigenvalue weighted by atomic mass is 16.5. The first-order valence-corrected chi connectivity index (χ1v) is 6.75. The zero-order valence-electron chi connectivity index (χ0n) is 12.4. The van der Waals surface area contributed by atoms with E-state index in [4.69, 9.17) is 14.2 Å². The molecule has 0 atom stereocenters. The number of carbonyl (C=O) groups is 2. The van der Waals surface area contributed by atoms with Gasteiger partial charge in [-0.1, -0.05) is 0 Å². The molecule has 22 heavy (non-hydrogen) atoms. The Morgan fingerprint density at radius 3 is 1.91 bits per heavy atom. The van der Waals surface area contributed by atoms with Crippen molar-refractivity contribution in [3.8, 4) is 23.0 Å². The maximum atomic E-state index is 10.9. The van der Waals surface area contributed by atoms with Crippen molar-refractivity contribution in [2.24, 2.45) is 0 Å². The van der Waals surface area contributed by atoms with E-state index in [0.717, 1.165) is 12.6 Å². The van der Waals surface area contributed by atoms with Gasteiger partial charge in [0, 0.05) is 11.1 Å². The van der Waals surface area contributed by atoms with Crippen molar-refractivity contribution < 1.29 is 23.8 Å². The van der Waals surface area contributed by atoms with Gasteiger partial charge in [0.15, 0.2) is 23.0 Å². The minimum absolute atomic E-state index is 0.437. The van der Waals surface area contributed by atoms with E-state index in [9.17, 15) is 9.59 Å². The normalized spacial score (nSPS) is 9.91. The predicted octanol–water partition coefficient (Wildman–Crippen LogP) is 3.51. The van der Waals surface area contributed by atoms with E-state index in [1.165, 1.54) is 7.11 Å². The van der Waals surface area contributed by atoms with Gasteiger partial charge in [-0.2, -0.15) is 0 Å². The molecule has 0 fully saturated rings. The Hall–Kier alpha value is -2.82. The van der Waals surface area contributed by atoms with Gasteiger partial charge in [-0.05, 0) is 43.3 Å². The number of benzene rings is 2. The molecule has 0 amide bonds. The number of hydrogen-bond acceptors (Lipinski definition) is 5. The maximum absolute atomic E-state index is 10.9. The Kier molecular flexibility index (Phi) is 5.14. The fourth-order valence-electron chi connectivity index (χ4n) is 1.91. The van der Waals surface area contributed by atoms with E-state index in [1.807, 2.05) is 6.92 Å². The van der Waals surface area contributed by atoms with E-state index >= 15 is 0 Å². The molecule has 0 spiro atoms. The van der Waals surface area contributed by atoms with Crippen LogP contribution in [0.1, 0.15) is 27.6 Å². The van der Waals surface area contributed by atoms with Gasteiger partial charge in [-0.15, -0.1) is 0 Å². The van der Waals surface area contributed by atoms with Gasteiger partial charge in [-0.3, -0.25) is 9.59 Å². The third-order valence-corrected chi connectivity index (χ3v) is 2.95. The Labute approximate surface area is 128 Å². The van der Waals surface area contributed by atoms with Gasteiger partial charge in [0.25, 0.3) is 0 Å². The van der Waals surface area contributed by atoms with E-state index in [-0.39, 0.29) is 0 Å². The fourth-order valence-corrected chi connectivity index (χ4v) is 1.91. The summed E-state index contributed by atoms with van der Waals surface area (Å²) in [6.45, 7) is 2.29. The smallest absolute Gasteiger partial charge is 0.169 e. The molecular formula is C17H16O5. The van der Waals surface area contributed by atoms with Crippen molar-refractivity contribution in [1.29, 1.82) is 0 Å². The molecule has 2 aromatic rings. The van der Waals surface area contributed by atoms with Crippen molar-refractivity contribution in [1.82, 2.24) is 0 Å². The first-order valence-electron chi connectivity index (χ1n) is 6.75. The molecule has 5 nitrogen and oxygen atoms in total. The van der Waals surface area contributed by atoms with E-state index < -0.39 is 0 Å². The minimum atomic E-state index is 0.437. The zero-order chi connectivity index (χ0) is 15.9. The largest absolute Gasteiger partial charge is 0.493 e. The van der Waals surface area contributed by atoms with E-state index in [1.54, 1.807) is 36.4 Å². The molecular weight excluding hydrogens is 284 g/mol. The van der Waals surface area contributed by atoms with Crippen LogP contribution in [-0.2, 0) is 0 Å². The topological polar surface area (TPSA) is 61.8 Å². The quantitative estimate of drug-likeness (QED) is 0.732. The van der Waals surface area contributed by atoms with Gasteiger partial charge in [0.2, 0.25) is 0 Å². The second-order valence-electron chi connectivity index (χ2n) is 4.39. The highest BCUT2D eigenvalue weighted by Crippen LogP contribution is 2.37. The fraction of sp³-hybridized carbons (Fsp3) is 0.176. The Morgan fingerprint density at radius 1 is 0.864 bits per heavy atom. The van der Waals surface area contributed by atoms with Crippen LogP contribution >= 0.6 is 0 Å². The van der Waals surface area contributed by atoms with Gasteiger partial charge in [0.1, 0.15) is 12.6 Å². The standard InChI is InChI=1S/C17H16O5/c1-3-21-17-9-13(11-19)5-7-15(17)22-14-6-4-12(10-18)8-16(14)20-2/h4-11H,3H2,1-2H3. The monoisotopic (exact) mass is 300 g/mol. The van der Waals surface area contributed by atoms with Gasteiger partial charge >= 0.3 is 0 Å². The molecule has 0 radical (unpaired) electrons. The van der Waals surface area contributed by atoms with Crippen LogP contribution in [0.25, 0.3) is 0 Å².